The number of aryl methyl sites for hydroxylation is 1. The second kappa shape index (κ2) is 8.24. The van der Waals surface area contributed by atoms with Crippen LogP contribution in [-0.4, -0.2) is 8.42 Å². The van der Waals surface area contributed by atoms with Crippen molar-refractivity contribution in [2.24, 2.45) is 5.73 Å². The molecule has 8 heteroatoms. The Hall–Kier alpha value is -3.73. The molecule has 0 aromatic heterocycles. The molecule has 0 spiro atoms. The van der Waals surface area contributed by atoms with Crippen LogP contribution in [0, 0.1) is 18.3 Å². The van der Waals surface area contributed by atoms with Crippen molar-refractivity contribution >= 4 is 33.1 Å². The summed E-state index contributed by atoms with van der Waals surface area (Å²) < 4.78 is 35.6. The fraction of sp³-hybridized carbons (Fsp3) is 0.115. The molecular weight excluding hydrogens is 470 g/mol. The van der Waals surface area contributed by atoms with Gasteiger partial charge in [0.05, 0.1) is 18.2 Å². The average Bonchev–Trinajstić information content (AvgIpc) is 2.82. The summed E-state index contributed by atoms with van der Waals surface area (Å²) in [5.74, 6) is -1.01. The van der Waals surface area contributed by atoms with E-state index in [2.05, 4.69) is 0 Å². The number of hydrogen-bond donors (Lipinski definition) is 1. The lowest BCUT2D eigenvalue weighted by Gasteiger charge is -2.38. The molecule has 0 aliphatic carbocycles. The number of nitriles is 1. The topological polar surface area (TPSA) is 96.4 Å². The molecule has 0 amide bonds. The highest BCUT2D eigenvalue weighted by atomic mass is 35.5. The molecular formula is C26H20ClN3O3S. The summed E-state index contributed by atoms with van der Waals surface area (Å²) in [6.45, 7) is 2.09. The molecule has 0 saturated heterocycles. The first kappa shape index (κ1) is 22.1. The van der Waals surface area contributed by atoms with E-state index in [4.69, 9.17) is 22.1 Å². The number of hydrogen-bond acceptors (Lipinski definition) is 5. The third kappa shape index (κ3) is 3.43. The van der Waals surface area contributed by atoms with Crippen molar-refractivity contribution < 1.29 is 13.2 Å². The van der Waals surface area contributed by atoms with Crippen molar-refractivity contribution in [3.05, 3.63) is 116 Å². The van der Waals surface area contributed by atoms with Crippen molar-refractivity contribution in [3.8, 4) is 6.07 Å². The van der Waals surface area contributed by atoms with Crippen molar-refractivity contribution in [3.63, 3.8) is 0 Å². The molecule has 0 radical (unpaired) electrons. The molecule has 3 aromatic carbocycles. The van der Waals surface area contributed by atoms with Crippen molar-refractivity contribution in [1.29, 1.82) is 5.26 Å². The van der Waals surface area contributed by atoms with Crippen LogP contribution in [0.3, 0.4) is 0 Å². The molecule has 34 heavy (non-hydrogen) atoms. The molecule has 2 aliphatic rings. The summed E-state index contributed by atoms with van der Waals surface area (Å²) in [6, 6.07) is 23.7. The van der Waals surface area contributed by atoms with Crippen LogP contribution in [0.15, 0.2) is 89.2 Å². The van der Waals surface area contributed by atoms with Crippen LogP contribution in [0.5, 0.6) is 0 Å². The van der Waals surface area contributed by atoms with Gasteiger partial charge in [-0.05, 0) is 36.2 Å². The van der Waals surface area contributed by atoms with Crippen molar-refractivity contribution in [1.82, 2.24) is 0 Å². The van der Waals surface area contributed by atoms with Gasteiger partial charge in [-0.2, -0.15) is 5.26 Å². The minimum Gasteiger partial charge on any atom is -0.439 e. The third-order valence-corrected chi connectivity index (χ3v) is 8.25. The number of allylic oxidation sites excluding steroid dienone is 2. The second-order valence-electron chi connectivity index (χ2n) is 8.15. The Kier molecular flexibility index (Phi) is 5.35. The van der Waals surface area contributed by atoms with E-state index in [9.17, 15) is 13.7 Å². The van der Waals surface area contributed by atoms with E-state index >= 15 is 0 Å². The number of nitrogens with two attached hydrogens (primary N) is 1. The molecule has 0 bridgehead atoms. The van der Waals surface area contributed by atoms with E-state index in [1.165, 1.54) is 4.31 Å². The number of ether oxygens (including phenoxy) is 1. The molecule has 0 fully saturated rings. The molecule has 0 saturated carbocycles. The third-order valence-electron chi connectivity index (χ3n) is 6.02. The van der Waals surface area contributed by atoms with Gasteiger partial charge in [-0.3, -0.25) is 4.31 Å². The van der Waals surface area contributed by atoms with Gasteiger partial charge in [0.15, 0.2) is 5.76 Å². The van der Waals surface area contributed by atoms with Crippen molar-refractivity contribution in [2.75, 3.05) is 4.31 Å². The average molecular weight is 490 g/mol. The summed E-state index contributed by atoms with van der Waals surface area (Å²) >= 11 is 6.49. The molecule has 0 unspecified atom stereocenters. The molecule has 2 heterocycles. The van der Waals surface area contributed by atoms with Gasteiger partial charge in [0.25, 0.3) is 10.0 Å². The first-order valence-corrected chi connectivity index (χ1v) is 12.4. The van der Waals surface area contributed by atoms with Gasteiger partial charge in [-0.25, -0.2) is 8.42 Å². The Balaban J connectivity index is 1.77. The number of fused-ring (bicyclic) bond motifs is 2. The Labute approximate surface area is 203 Å². The number of sulfonamides is 1. The van der Waals surface area contributed by atoms with Crippen LogP contribution in [0.4, 0.5) is 5.69 Å². The maximum absolute atomic E-state index is 14.2. The molecule has 2 aliphatic heterocycles. The van der Waals surface area contributed by atoms with Crippen LogP contribution in [0.1, 0.15) is 28.2 Å². The highest BCUT2D eigenvalue weighted by Crippen LogP contribution is 2.52. The van der Waals surface area contributed by atoms with Gasteiger partial charge in [-0.15, -0.1) is 0 Å². The maximum atomic E-state index is 14.2. The lowest BCUT2D eigenvalue weighted by Crippen LogP contribution is -2.39. The normalized spacial score (nSPS) is 18.6. The fourth-order valence-corrected chi connectivity index (χ4v) is 6.51. The Morgan fingerprint density at radius 1 is 1.06 bits per heavy atom. The summed E-state index contributed by atoms with van der Waals surface area (Å²) in [7, 11) is -4.14. The molecule has 5 rings (SSSR count). The first-order valence-electron chi connectivity index (χ1n) is 10.6. The summed E-state index contributed by atoms with van der Waals surface area (Å²) in [5.41, 5.74) is 9.58. The number of anilines is 1. The van der Waals surface area contributed by atoms with E-state index in [0.717, 1.165) is 11.1 Å². The molecule has 170 valence electrons. The fourth-order valence-electron chi connectivity index (χ4n) is 4.36. The summed E-state index contributed by atoms with van der Waals surface area (Å²) in [6.07, 6.45) is 0. The van der Waals surface area contributed by atoms with Gasteiger partial charge in [0.2, 0.25) is 5.88 Å². The zero-order chi connectivity index (χ0) is 24.0. The Bertz CT molecular complexity index is 1520. The molecule has 1 atom stereocenters. The number of rotatable bonds is 3. The lowest BCUT2D eigenvalue weighted by atomic mass is 9.88. The standard InChI is InChI=1S/C26H20ClN3O3S/c1-16-10-12-17(13-11-16)15-30-22-9-5-3-7-19(22)24-25(34(30,31)32)23(20(14-28)26(29)33-24)18-6-2-4-8-21(18)27/h2-13,23H,15,29H2,1H3/t23-/m1/s1. The molecule has 2 N–H and O–H groups in total. The number of nitrogens with zero attached hydrogens (tertiary/aromatic N) is 2. The zero-order valence-corrected chi connectivity index (χ0v) is 19.8. The maximum Gasteiger partial charge on any atom is 0.265 e. The quantitative estimate of drug-likeness (QED) is 0.547. The molecule has 3 aromatic rings. The van der Waals surface area contributed by atoms with Gasteiger partial charge in [-0.1, -0.05) is 71.8 Å². The van der Waals surface area contributed by atoms with Crippen LogP contribution < -0.4 is 10.0 Å². The van der Waals surface area contributed by atoms with Crippen LogP contribution in [-0.2, 0) is 21.3 Å². The van der Waals surface area contributed by atoms with E-state index in [0.29, 0.717) is 21.8 Å². The highest BCUT2D eigenvalue weighted by molar-refractivity contribution is 7.96. The zero-order valence-electron chi connectivity index (χ0n) is 18.2. The van der Waals surface area contributed by atoms with E-state index in [-0.39, 0.29) is 28.7 Å². The number of halogens is 1. The minimum atomic E-state index is -4.14. The second-order valence-corrected chi connectivity index (χ2v) is 10.4. The number of para-hydroxylation sites is 1. The van der Waals surface area contributed by atoms with Gasteiger partial charge < -0.3 is 10.5 Å². The van der Waals surface area contributed by atoms with E-state index < -0.39 is 15.9 Å². The first-order chi connectivity index (χ1) is 16.3. The summed E-state index contributed by atoms with van der Waals surface area (Å²) in [5, 5.41) is 10.3. The van der Waals surface area contributed by atoms with Gasteiger partial charge in [0.1, 0.15) is 16.5 Å². The largest absolute Gasteiger partial charge is 0.439 e. The van der Waals surface area contributed by atoms with E-state index in [1.54, 1.807) is 48.5 Å². The highest BCUT2D eigenvalue weighted by Gasteiger charge is 2.47. The van der Waals surface area contributed by atoms with Gasteiger partial charge in [0, 0.05) is 10.6 Å². The number of benzene rings is 3. The molecule has 6 nitrogen and oxygen atoms in total. The predicted octanol–water partition coefficient (Wildman–Crippen LogP) is 5.17. The SMILES string of the molecule is Cc1ccc(CN2c3ccccc3C3=C([C@H](c4ccccc4Cl)C(C#N)=C(N)O3)S2(=O)=O)cc1. The monoisotopic (exact) mass is 489 g/mol. The van der Waals surface area contributed by atoms with Crippen molar-refractivity contribution in [2.45, 2.75) is 19.4 Å². The predicted molar refractivity (Wildman–Crippen MR) is 132 cm³/mol. The summed E-state index contributed by atoms with van der Waals surface area (Å²) in [4.78, 5) is -0.0443. The van der Waals surface area contributed by atoms with Gasteiger partial charge >= 0.3 is 0 Å². The van der Waals surface area contributed by atoms with Crippen LogP contribution in [0.2, 0.25) is 5.02 Å². The Morgan fingerprint density at radius 3 is 2.44 bits per heavy atom. The smallest absolute Gasteiger partial charge is 0.265 e. The lowest BCUT2D eigenvalue weighted by molar-refractivity contribution is 0.357. The van der Waals surface area contributed by atoms with Crippen LogP contribution >= 0.6 is 11.6 Å². The van der Waals surface area contributed by atoms with E-state index in [1.807, 2.05) is 37.3 Å². The Morgan fingerprint density at radius 2 is 1.74 bits per heavy atom. The van der Waals surface area contributed by atoms with Crippen LogP contribution in [0.25, 0.3) is 5.76 Å². The minimum absolute atomic E-state index is 0.00471.